The minimum Gasteiger partial charge on any atom is -0.548 e. The molecule has 0 unspecified atom stereocenters. The van der Waals surface area contributed by atoms with E-state index in [1.807, 2.05) is 13.8 Å². The van der Waals surface area contributed by atoms with Gasteiger partial charge in [0.25, 0.3) is 0 Å². The maximum atomic E-state index is 9.73. The van der Waals surface area contributed by atoms with Crippen molar-refractivity contribution in [2.45, 2.75) is 39.5 Å². The molecular formula is C12H22CaO6. The first-order chi connectivity index (χ1) is 8.54. The van der Waals surface area contributed by atoms with Crippen molar-refractivity contribution in [3.8, 4) is 0 Å². The Morgan fingerprint density at radius 3 is 1.37 bits per heavy atom. The molecule has 0 saturated carbocycles. The predicted molar refractivity (Wildman–Crippen MR) is 67.2 cm³/mol. The molecule has 0 atom stereocenters. The van der Waals surface area contributed by atoms with E-state index < -0.39 is 11.9 Å². The van der Waals surface area contributed by atoms with Crippen LogP contribution in [0, 0.1) is 0 Å². The summed E-state index contributed by atoms with van der Waals surface area (Å²) in [6.45, 7) is 4.51. The van der Waals surface area contributed by atoms with E-state index in [-0.39, 0.29) is 51.0 Å². The second-order valence-electron chi connectivity index (χ2n) is 3.56. The molecule has 0 fully saturated rings. The van der Waals surface area contributed by atoms with Crippen molar-refractivity contribution in [1.29, 1.82) is 0 Å². The number of ether oxygens (including phenoxy) is 2. The van der Waals surface area contributed by atoms with Crippen LogP contribution in [-0.4, -0.2) is 76.1 Å². The molecule has 0 aliphatic rings. The number of carboxylic acid groups (broad SMARTS) is 2. The minimum absolute atomic E-state index is 0. The van der Waals surface area contributed by atoms with Crippen molar-refractivity contribution in [3.05, 3.63) is 0 Å². The number of rotatable bonds is 10. The Morgan fingerprint density at radius 1 is 0.842 bits per heavy atom. The molecule has 0 aromatic heterocycles. The van der Waals surface area contributed by atoms with Crippen LogP contribution in [0.5, 0.6) is 0 Å². The second kappa shape index (κ2) is 20.4. The third-order valence-corrected chi connectivity index (χ3v) is 1.72. The van der Waals surface area contributed by atoms with Crippen LogP contribution < -0.4 is 10.2 Å². The topological polar surface area (TPSA) is 98.7 Å². The van der Waals surface area contributed by atoms with Gasteiger partial charge in [0.2, 0.25) is 0 Å². The summed E-state index contributed by atoms with van der Waals surface area (Å²) in [5.74, 6) is -2.29. The van der Waals surface area contributed by atoms with Crippen molar-refractivity contribution in [2.75, 3.05) is 26.4 Å². The summed E-state index contributed by atoms with van der Waals surface area (Å²) in [5.41, 5.74) is 0. The molecule has 0 N–H and O–H groups in total. The first-order valence-corrected chi connectivity index (χ1v) is 6.09. The van der Waals surface area contributed by atoms with Crippen LogP contribution in [0.3, 0.4) is 0 Å². The number of carbonyl (C=O) groups is 2. The van der Waals surface area contributed by atoms with E-state index in [2.05, 4.69) is 9.47 Å². The van der Waals surface area contributed by atoms with Crippen LogP contribution in [0.2, 0.25) is 0 Å². The molecule has 0 saturated heterocycles. The van der Waals surface area contributed by atoms with Gasteiger partial charge in [0, 0.05) is 13.2 Å². The van der Waals surface area contributed by atoms with Gasteiger partial charge in [-0.3, -0.25) is 0 Å². The number of hydrogen-bond acceptors (Lipinski definition) is 6. The molecular weight excluding hydrogens is 280 g/mol. The first kappa shape index (κ1) is 24.2. The van der Waals surface area contributed by atoms with Gasteiger partial charge in [-0.25, -0.2) is 0 Å². The van der Waals surface area contributed by atoms with Crippen LogP contribution in [0.4, 0.5) is 0 Å². The fraction of sp³-hybridized carbons (Fsp3) is 0.833. The Kier molecular flexibility index (Phi) is 26.0. The molecule has 0 amide bonds. The summed E-state index contributed by atoms with van der Waals surface area (Å²) < 4.78 is 9.35. The molecule has 19 heavy (non-hydrogen) atoms. The van der Waals surface area contributed by atoms with Gasteiger partial charge in [-0.05, 0) is 12.8 Å². The Morgan fingerprint density at radius 2 is 1.16 bits per heavy atom. The fourth-order valence-corrected chi connectivity index (χ4v) is 0.804. The van der Waals surface area contributed by atoms with E-state index in [9.17, 15) is 19.8 Å². The SMILES string of the molecule is CCCCOCC(=O)[O-].CCCCOCC(=O)[O-].[Ca+2]. The molecule has 0 radical (unpaired) electrons. The Labute approximate surface area is 144 Å². The van der Waals surface area contributed by atoms with Crippen molar-refractivity contribution in [2.24, 2.45) is 0 Å². The third-order valence-electron chi connectivity index (χ3n) is 1.72. The number of carbonyl (C=O) groups excluding carboxylic acids is 2. The van der Waals surface area contributed by atoms with Gasteiger partial charge in [0.15, 0.2) is 0 Å². The summed E-state index contributed by atoms with van der Waals surface area (Å²) >= 11 is 0. The largest absolute Gasteiger partial charge is 2.00 e. The molecule has 0 rings (SSSR count). The quantitative estimate of drug-likeness (QED) is 0.368. The van der Waals surface area contributed by atoms with Gasteiger partial charge in [0.1, 0.15) is 0 Å². The number of aliphatic carboxylic acids is 2. The maximum Gasteiger partial charge on any atom is 2.00 e. The predicted octanol–water partition coefficient (Wildman–Crippen LogP) is -1.27. The molecule has 108 valence electrons. The molecule has 0 heterocycles. The van der Waals surface area contributed by atoms with Crippen molar-refractivity contribution < 1.29 is 29.3 Å². The molecule has 7 heteroatoms. The second-order valence-corrected chi connectivity index (χ2v) is 3.56. The first-order valence-electron chi connectivity index (χ1n) is 6.09. The molecule has 0 aliphatic carbocycles. The molecule has 0 spiro atoms. The summed E-state index contributed by atoms with van der Waals surface area (Å²) in [7, 11) is 0. The number of unbranched alkanes of at least 4 members (excludes halogenated alkanes) is 2. The van der Waals surface area contributed by atoms with Gasteiger partial charge in [0.05, 0.1) is 25.2 Å². The minimum atomic E-state index is -1.15. The van der Waals surface area contributed by atoms with Crippen molar-refractivity contribution in [3.63, 3.8) is 0 Å². The number of carboxylic acids is 2. The monoisotopic (exact) mass is 302 g/mol. The van der Waals surface area contributed by atoms with Crippen molar-refractivity contribution >= 4 is 49.7 Å². The van der Waals surface area contributed by atoms with Gasteiger partial charge < -0.3 is 29.3 Å². The zero-order chi connectivity index (χ0) is 14.2. The van der Waals surface area contributed by atoms with E-state index in [1.165, 1.54) is 0 Å². The van der Waals surface area contributed by atoms with E-state index in [0.29, 0.717) is 13.2 Å². The third kappa shape index (κ3) is 32.1. The van der Waals surface area contributed by atoms with Crippen molar-refractivity contribution in [1.82, 2.24) is 0 Å². The van der Waals surface area contributed by atoms with Crippen LogP contribution in [0.1, 0.15) is 39.5 Å². The zero-order valence-corrected chi connectivity index (χ0v) is 14.0. The summed E-state index contributed by atoms with van der Waals surface area (Å²) in [5, 5.41) is 19.5. The van der Waals surface area contributed by atoms with Gasteiger partial charge in [-0.2, -0.15) is 0 Å². The normalized spacial score (nSPS) is 8.95. The van der Waals surface area contributed by atoms with Gasteiger partial charge in [-0.15, -0.1) is 0 Å². The standard InChI is InChI=1S/2C6H12O3.Ca/c2*1-2-3-4-9-5-6(7)8;/h2*2-5H2,1H3,(H,7,8);/q;;+2/p-2. The smallest absolute Gasteiger partial charge is 0.548 e. The number of hydrogen-bond donors (Lipinski definition) is 0. The van der Waals surface area contributed by atoms with Gasteiger partial charge >= 0.3 is 37.7 Å². The fourth-order valence-electron chi connectivity index (χ4n) is 0.804. The van der Waals surface area contributed by atoms with Crippen LogP contribution >= 0.6 is 0 Å². The van der Waals surface area contributed by atoms with E-state index in [1.54, 1.807) is 0 Å². The summed E-state index contributed by atoms with van der Waals surface area (Å²) in [6, 6.07) is 0. The summed E-state index contributed by atoms with van der Waals surface area (Å²) in [4.78, 5) is 19.5. The molecule has 0 aromatic rings. The Balaban J connectivity index is -0.000000256. The maximum absolute atomic E-state index is 9.73. The average molecular weight is 302 g/mol. The molecule has 6 nitrogen and oxygen atoms in total. The van der Waals surface area contributed by atoms with E-state index in [4.69, 9.17) is 0 Å². The zero-order valence-electron chi connectivity index (χ0n) is 11.8. The Hall–Kier alpha value is 0.120. The van der Waals surface area contributed by atoms with Gasteiger partial charge in [-0.1, -0.05) is 26.7 Å². The molecule has 0 aliphatic heterocycles. The summed E-state index contributed by atoms with van der Waals surface area (Å²) in [6.07, 6.45) is 3.86. The molecule has 0 aromatic carbocycles. The van der Waals surface area contributed by atoms with E-state index >= 15 is 0 Å². The average Bonchev–Trinajstić information content (AvgIpc) is 2.31. The van der Waals surface area contributed by atoms with Crippen LogP contribution in [-0.2, 0) is 19.1 Å². The van der Waals surface area contributed by atoms with E-state index in [0.717, 1.165) is 25.7 Å². The Bertz CT molecular complexity index is 188. The van der Waals surface area contributed by atoms with Crippen LogP contribution in [0.25, 0.3) is 0 Å². The van der Waals surface area contributed by atoms with Crippen LogP contribution in [0.15, 0.2) is 0 Å². The molecule has 0 bridgehead atoms.